The van der Waals surface area contributed by atoms with Gasteiger partial charge in [0.1, 0.15) is 11.5 Å². The Balaban J connectivity index is 1.69. The lowest BCUT2D eigenvalue weighted by Crippen LogP contribution is -2.51. The largest absolute Gasteiger partial charge is 0.497 e. The van der Waals surface area contributed by atoms with Gasteiger partial charge in [0.25, 0.3) is 0 Å². The highest BCUT2D eigenvalue weighted by Crippen LogP contribution is 2.47. The van der Waals surface area contributed by atoms with E-state index in [-0.39, 0.29) is 5.60 Å². The summed E-state index contributed by atoms with van der Waals surface area (Å²) in [5.41, 5.74) is 3.40. The predicted molar refractivity (Wildman–Crippen MR) is 110 cm³/mol. The molecule has 0 saturated carbocycles. The minimum atomic E-state index is -0.366. The van der Waals surface area contributed by atoms with Crippen molar-refractivity contribution in [3.63, 3.8) is 0 Å². The second-order valence-electron chi connectivity index (χ2n) is 8.09. The van der Waals surface area contributed by atoms with Gasteiger partial charge in [0.2, 0.25) is 0 Å². The van der Waals surface area contributed by atoms with Crippen LogP contribution in [0.5, 0.6) is 5.75 Å². The molecule has 1 aromatic rings. The summed E-state index contributed by atoms with van der Waals surface area (Å²) in [6, 6.07) is 8.39. The fourth-order valence-corrected chi connectivity index (χ4v) is 4.50. The van der Waals surface area contributed by atoms with E-state index < -0.39 is 0 Å². The van der Waals surface area contributed by atoms with Crippen molar-refractivity contribution in [2.24, 2.45) is 0 Å². The molecule has 2 heterocycles. The smallest absolute Gasteiger partial charge is 0.157 e. The first-order valence-electron chi connectivity index (χ1n) is 9.95. The van der Waals surface area contributed by atoms with Crippen LogP contribution in [0.4, 0.5) is 0 Å². The highest BCUT2D eigenvalue weighted by Gasteiger charge is 2.48. The Hall–Kier alpha value is -2.40. The van der Waals surface area contributed by atoms with Crippen LogP contribution < -0.4 is 4.74 Å². The van der Waals surface area contributed by atoms with E-state index in [2.05, 4.69) is 54.4 Å². The Bertz CT molecular complexity index is 813. The van der Waals surface area contributed by atoms with E-state index in [1.54, 1.807) is 14.2 Å². The number of fused-ring (bicyclic) bond motifs is 3. The molecular formula is C23H30N2O3. The lowest BCUT2D eigenvalue weighted by Gasteiger charge is -2.43. The molecule has 0 amide bonds. The van der Waals surface area contributed by atoms with Crippen LogP contribution in [0.3, 0.4) is 0 Å². The summed E-state index contributed by atoms with van der Waals surface area (Å²) in [5, 5.41) is 0. The zero-order valence-corrected chi connectivity index (χ0v) is 17.3. The maximum atomic E-state index is 6.64. The SMILES string of the molecule is COC1=C(OC)CC2=CN(CCCN(C)C)CC3(Cc4ccccc4O3)C2=C1. The van der Waals surface area contributed by atoms with Gasteiger partial charge in [-0.25, -0.2) is 0 Å². The first kappa shape index (κ1) is 18.9. The van der Waals surface area contributed by atoms with Crippen molar-refractivity contribution in [1.82, 2.24) is 9.80 Å². The van der Waals surface area contributed by atoms with Gasteiger partial charge in [-0.05, 0) is 50.3 Å². The lowest BCUT2D eigenvalue weighted by molar-refractivity contribution is 0.0862. The zero-order valence-electron chi connectivity index (χ0n) is 17.3. The molecule has 1 aromatic carbocycles. The summed E-state index contributed by atoms with van der Waals surface area (Å²) in [6.07, 6.45) is 7.16. The highest BCUT2D eigenvalue weighted by atomic mass is 16.5. The molecule has 0 aromatic heterocycles. The number of benzene rings is 1. The Morgan fingerprint density at radius 1 is 1.18 bits per heavy atom. The maximum Gasteiger partial charge on any atom is 0.157 e. The fourth-order valence-electron chi connectivity index (χ4n) is 4.50. The van der Waals surface area contributed by atoms with E-state index in [0.29, 0.717) is 0 Å². The molecular weight excluding hydrogens is 352 g/mol. The zero-order chi connectivity index (χ0) is 19.7. The number of rotatable bonds is 6. The van der Waals surface area contributed by atoms with Crippen molar-refractivity contribution in [2.75, 3.05) is 47.9 Å². The van der Waals surface area contributed by atoms with E-state index in [1.165, 1.54) is 16.7 Å². The van der Waals surface area contributed by atoms with Crippen LogP contribution in [0.2, 0.25) is 0 Å². The maximum absolute atomic E-state index is 6.64. The molecule has 1 unspecified atom stereocenters. The Labute approximate surface area is 167 Å². The van der Waals surface area contributed by atoms with Gasteiger partial charge < -0.3 is 24.0 Å². The van der Waals surface area contributed by atoms with Gasteiger partial charge in [0, 0.05) is 31.2 Å². The van der Waals surface area contributed by atoms with Crippen LogP contribution in [-0.2, 0) is 15.9 Å². The van der Waals surface area contributed by atoms with Crippen LogP contribution in [0.15, 0.2) is 59.2 Å². The number of hydrogen-bond acceptors (Lipinski definition) is 5. The summed E-state index contributed by atoms with van der Waals surface area (Å²) in [4.78, 5) is 4.66. The molecule has 5 nitrogen and oxygen atoms in total. The first-order chi connectivity index (χ1) is 13.5. The average Bonchev–Trinajstić information content (AvgIpc) is 3.05. The van der Waals surface area contributed by atoms with Crippen molar-refractivity contribution in [3.8, 4) is 5.75 Å². The minimum Gasteiger partial charge on any atom is -0.497 e. The molecule has 0 radical (unpaired) electrons. The van der Waals surface area contributed by atoms with Crippen molar-refractivity contribution in [3.05, 3.63) is 64.8 Å². The number of ether oxygens (including phenoxy) is 3. The summed E-state index contributed by atoms with van der Waals surface area (Å²) >= 11 is 0. The van der Waals surface area contributed by atoms with Gasteiger partial charge in [-0.3, -0.25) is 0 Å². The van der Waals surface area contributed by atoms with Gasteiger partial charge in [-0.15, -0.1) is 0 Å². The van der Waals surface area contributed by atoms with E-state index in [0.717, 1.165) is 56.2 Å². The molecule has 0 bridgehead atoms. The molecule has 0 N–H and O–H groups in total. The summed E-state index contributed by atoms with van der Waals surface area (Å²) in [6.45, 7) is 2.94. The topological polar surface area (TPSA) is 34.2 Å². The quantitative estimate of drug-likeness (QED) is 0.754. The fraction of sp³-hybridized carbons (Fsp3) is 0.478. The summed E-state index contributed by atoms with van der Waals surface area (Å²) < 4.78 is 17.9. The number of nitrogens with zero attached hydrogens (tertiary/aromatic N) is 2. The molecule has 1 atom stereocenters. The first-order valence-corrected chi connectivity index (χ1v) is 9.95. The Kier molecular flexibility index (Phi) is 5.11. The van der Waals surface area contributed by atoms with Crippen LogP contribution in [0.25, 0.3) is 0 Å². The second-order valence-corrected chi connectivity index (χ2v) is 8.09. The second kappa shape index (κ2) is 7.55. The molecule has 150 valence electrons. The average molecular weight is 383 g/mol. The molecule has 28 heavy (non-hydrogen) atoms. The molecule has 2 aliphatic heterocycles. The molecule has 0 saturated heterocycles. The summed E-state index contributed by atoms with van der Waals surface area (Å²) in [5.74, 6) is 2.67. The van der Waals surface area contributed by atoms with E-state index in [9.17, 15) is 0 Å². The number of para-hydroxylation sites is 1. The molecule has 5 heteroatoms. The van der Waals surface area contributed by atoms with Gasteiger partial charge in [-0.1, -0.05) is 18.2 Å². The van der Waals surface area contributed by atoms with Crippen molar-refractivity contribution < 1.29 is 14.2 Å². The molecule has 4 rings (SSSR count). The van der Waals surface area contributed by atoms with Gasteiger partial charge >= 0.3 is 0 Å². The number of allylic oxidation sites excluding steroid dienone is 2. The van der Waals surface area contributed by atoms with E-state index >= 15 is 0 Å². The van der Waals surface area contributed by atoms with E-state index in [1.807, 2.05) is 6.07 Å². The van der Waals surface area contributed by atoms with Crippen LogP contribution in [0, 0.1) is 0 Å². The molecule has 3 aliphatic rings. The van der Waals surface area contributed by atoms with Crippen molar-refractivity contribution >= 4 is 0 Å². The number of hydrogen-bond donors (Lipinski definition) is 0. The monoisotopic (exact) mass is 382 g/mol. The molecule has 1 aliphatic carbocycles. The van der Waals surface area contributed by atoms with Gasteiger partial charge in [-0.2, -0.15) is 0 Å². The lowest BCUT2D eigenvalue weighted by atomic mass is 9.78. The third-order valence-corrected chi connectivity index (χ3v) is 5.81. The van der Waals surface area contributed by atoms with Gasteiger partial charge in [0.05, 0.1) is 20.8 Å². The van der Waals surface area contributed by atoms with Crippen molar-refractivity contribution in [2.45, 2.75) is 24.9 Å². The molecule has 1 spiro atoms. The Morgan fingerprint density at radius 2 is 2.00 bits per heavy atom. The van der Waals surface area contributed by atoms with Crippen LogP contribution in [0.1, 0.15) is 18.4 Å². The number of methoxy groups -OCH3 is 2. The van der Waals surface area contributed by atoms with E-state index in [4.69, 9.17) is 14.2 Å². The van der Waals surface area contributed by atoms with Crippen LogP contribution in [-0.4, -0.2) is 63.4 Å². The summed E-state index contributed by atoms with van der Waals surface area (Å²) in [7, 11) is 7.66. The van der Waals surface area contributed by atoms with Crippen molar-refractivity contribution in [1.29, 1.82) is 0 Å². The molecule has 0 fully saturated rings. The van der Waals surface area contributed by atoms with Gasteiger partial charge in [0.15, 0.2) is 11.4 Å². The predicted octanol–water partition coefficient (Wildman–Crippen LogP) is 3.35. The minimum absolute atomic E-state index is 0.366. The Morgan fingerprint density at radius 3 is 2.71 bits per heavy atom. The highest BCUT2D eigenvalue weighted by molar-refractivity contribution is 5.55. The normalized spacial score (nSPS) is 23.2. The third-order valence-electron chi connectivity index (χ3n) is 5.81. The van der Waals surface area contributed by atoms with Crippen LogP contribution >= 0.6 is 0 Å². The third kappa shape index (κ3) is 3.39. The standard InChI is InChI=1S/C23H30N2O3/c1-24(2)10-7-11-25-15-18-12-21(26-3)22(27-4)13-19(18)23(16-25)14-17-8-5-6-9-20(17)28-23/h5-6,8-9,13,15H,7,10-12,14,16H2,1-4H3.